The largest absolute Gasteiger partial charge is 0.492 e. The Hall–Kier alpha value is -1.06. The summed E-state index contributed by atoms with van der Waals surface area (Å²) < 4.78 is 5.69. The van der Waals surface area contributed by atoms with Crippen molar-refractivity contribution in [2.24, 2.45) is 0 Å². The second kappa shape index (κ2) is 5.87. The lowest BCUT2D eigenvalue weighted by Gasteiger charge is -2.33. The van der Waals surface area contributed by atoms with Crippen LogP contribution < -0.4 is 10.1 Å². The van der Waals surface area contributed by atoms with Crippen molar-refractivity contribution in [2.75, 3.05) is 32.8 Å². The summed E-state index contributed by atoms with van der Waals surface area (Å²) in [4.78, 5) is 2.47. The van der Waals surface area contributed by atoms with Gasteiger partial charge < -0.3 is 10.1 Å². The highest BCUT2D eigenvalue weighted by Gasteiger charge is 2.16. The van der Waals surface area contributed by atoms with Crippen LogP contribution in [0.4, 0.5) is 0 Å². The van der Waals surface area contributed by atoms with Gasteiger partial charge in [0, 0.05) is 32.2 Å². The first-order valence-electron chi connectivity index (χ1n) is 5.99. The van der Waals surface area contributed by atoms with Crippen LogP contribution in [0.15, 0.2) is 30.3 Å². The molecule has 1 atom stereocenters. The van der Waals surface area contributed by atoms with Crippen LogP contribution in [0.25, 0.3) is 0 Å². The Kier molecular flexibility index (Phi) is 4.19. The highest BCUT2D eigenvalue weighted by molar-refractivity contribution is 5.20. The van der Waals surface area contributed by atoms with Gasteiger partial charge in [-0.15, -0.1) is 0 Å². The maximum absolute atomic E-state index is 5.69. The van der Waals surface area contributed by atoms with Crippen molar-refractivity contribution >= 4 is 0 Å². The van der Waals surface area contributed by atoms with Crippen LogP contribution in [0.3, 0.4) is 0 Å². The molecule has 3 heteroatoms. The van der Waals surface area contributed by atoms with Gasteiger partial charge >= 0.3 is 0 Å². The smallest absolute Gasteiger partial charge is 0.119 e. The van der Waals surface area contributed by atoms with E-state index in [-0.39, 0.29) is 0 Å². The molecule has 1 fully saturated rings. The standard InChI is InChI=1S/C13H20N2O/c1-12-11-14-7-8-15(12)9-10-16-13-5-3-2-4-6-13/h2-6,12,14H,7-11H2,1H3/t12-/m0/s1. The first kappa shape index (κ1) is 11.4. The van der Waals surface area contributed by atoms with Crippen LogP contribution in [-0.2, 0) is 0 Å². The Morgan fingerprint density at radius 3 is 2.94 bits per heavy atom. The van der Waals surface area contributed by atoms with Gasteiger partial charge in [-0.05, 0) is 19.1 Å². The molecule has 0 aliphatic carbocycles. The molecule has 1 aromatic carbocycles. The van der Waals surface area contributed by atoms with Gasteiger partial charge in [0.05, 0.1) is 0 Å². The van der Waals surface area contributed by atoms with Crippen LogP contribution in [0, 0.1) is 0 Å². The van der Waals surface area contributed by atoms with E-state index in [1.54, 1.807) is 0 Å². The molecule has 1 N–H and O–H groups in total. The van der Waals surface area contributed by atoms with E-state index in [9.17, 15) is 0 Å². The molecule has 0 unspecified atom stereocenters. The summed E-state index contributed by atoms with van der Waals surface area (Å²) >= 11 is 0. The molecule has 0 radical (unpaired) electrons. The first-order valence-corrected chi connectivity index (χ1v) is 5.99. The van der Waals surface area contributed by atoms with Gasteiger partial charge in [0.2, 0.25) is 0 Å². The van der Waals surface area contributed by atoms with Gasteiger partial charge in [-0.1, -0.05) is 18.2 Å². The number of nitrogens with one attached hydrogen (secondary N) is 1. The van der Waals surface area contributed by atoms with Crippen molar-refractivity contribution in [2.45, 2.75) is 13.0 Å². The number of nitrogens with zero attached hydrogens (tertiary/aromatic N) is 1. The van der Waals surface area contributed by atoms with Gasteiger partial charge in [0.25, 0.3) is 0 Å². The van der Waals surface area contributed by atoms with E-state index in [1.165, 1.54) is 0 Å². The minimum atomic E-state index is 0.619. The van der Waals surface area contributed by atoms with Crippen molar-refractivity contribution in [1.29, 1.82) is 0 Å². The summed E-state index contributed by atoms with van der Waals surface area (Å²) in [5.41, 5.74) is 0. The predicted octanol–water partition coefficient (Wildman–Crippen LogP) is 1.36. The topological polar surface area (TPSA) is 24.5 Å². The molecule has 88 valence electrons. The second-order valence-corrected chi connectivity index (χ2v) is 4.25. The van der Waals surface area contributed by atoms with E-state index in [2.05, 4.69) is 17.1 Å². The minimum absolute atomic E-state index is 0.619. The fourth-order valence-electron chi connectivity index (χ4n) is 2.01. The third-order valence-corrected chi connectivity index (χ3v) is 3.03. The van der Waals surface area contributed by atoms with Gasteiger partial charge in [-0.3, -0.25) is 4.90 Å². The van der Waals surface area contributed by atoms with E-state index >= 15 is 0 Å². The molecule has 0 aromatic heterocycles. The predicted molar refractivity (Wildman–Crippen MR) is 65.8 cm³/mol. The second-order valence-electron chi connectivity index (χ2n) is 4.25. The van der Waals surface area contributed by atoms with Crippen LogP contribution >= 0.6 is 0 Å². The Labute approximate surface area is 97.4 Å². The molecule has 3 nitrogen and oxygen atoms in total. The number of rotatable bonds is 4. The Balaban J connectivity index is 1.71. The highest BCUT2D eigenvalue weighted by atomic mass is 16.5. The fraction of sp³-hybridized carbons (Fsp3) is 0.538. The lowest BCUT2D eigenvalue weighted by atomic mass is 10.2. The lowest BCUT2D eigenvalue weighted by molar-refractivity contribution is 0.143. The van der Waals surface area contributed by atoms with E-state index in [0.29, 0.717) is 6.04 Å². The summed E-state index contributed by atoms with van der Waals surface area (Å²) in [6, 6.07) is 10.6. The molecule has 1 saturated heterocycles. The quantitative estimate of drug-likeness (QED) is 0.829. The first-order chi connectivity index (χ1) is 7.86. The molecule has 1 aliphatic rings. The molecular formula is C13H20N2O. The molecular weight excluding hydrogens is 200 g/mol. The molecule has 16 heavy (non-hydrogen) atoms. The van der Waals surface area contributed by atoms with Crippen LogP contribution in [0.1, 0.15) is 6.92 Å². The molecule has 1 aliphatic heterocycles. The number of hydrogen-bond acceptors (Lipinski definition) is 3. The maximum atomic E-state index is 5.69. The number of para-hydroxylation sites is 1. The summed E-state index contributed by atoms with van der Waals surface area (Å²) in [7, 11) is 0. The Morgan fingerprint density at radius 2 is 2.19 bits per heavy atom. The molecule has 1 aromatic rings. The molecule has 1 heterocycles. The highest BCUT2D eigenvalue weighted by Crippen LogP contribution is 2.08. The van der Waals surface area contributed by atoms with Crippen molar-refractivity contribution in [3.05, 3.63) is 30.3 Å². The third-order valence-electron chi connectivity index (χ3n) is 3.03. The Bertz CT molecular complexity index is 302. The number of ether oxygens (including phenoxy) is 1. The zero-order valence-electron chi connectivity index (χ0n) is 9.86. The van der Waals surface area contributed by atoms with Crippen molar-refractivity contribution in [3.8, 4) is 5.75 Å². The molecule has 0 saturated carbocycles. The fourth-order valence-corrected chi connectivity index (χ4v) is 2.01. The molecule has 2 rings (SSSR count). The van der Waals surface area contributed by atoms with Gasteiger partial charge in [-0.25, -0.2) is 0 Å². The Morgan fingerprint density at radius 1 is 1.38 bits per heavy atom. The average molecular weight is 220 g/mol. The summed E-state index contributed by atoms with van der Waals surface area (Å²) in [5, 5.41) is 3.39. The zero-order chi connectivity index (χ0) is 11.2. The van der Waals surface area contributed by atoms with Crippen molar-refractivity contribution in [1.82, 2.24) is 10.2 Å². The zero-order valence-corrected chi connectivity index (χ0v) is 9.86. The average Bonchev–Trinajstić information content (AvgIpc) is 2.33. The van der Waals surface area contributed by atoms with E-state index in [1.807, 2.05) is 30.3 Å². The van der Waals surface area contributed by atoms with Crippen LogP contribution in [0.2, 0.25) is 0 Å². The van der Waals surface area contributed by atoms with Crippen molar-refractivity contribution in [3.63, 3.8) is 0 Å². The summed E-state index contributed by atoms with van der Waals surface area (Å²) in [6.07, 6.45) is 0. The molecule has 0 bridgehead atoms. The van der Waals surface area contributed by atoms with E-state index in [0.717, 1.165) is 38.5 Å². The van der Waals surface area contributed by atoms with Crippen LogP contribution in [0.5, 0.6) is 5.75 Å². The van der Waals surface area contributed by atoms with Crippen LogP contribution in [-0.4, -0.2) is 43.7 Å². The van der Waals surface area contributed by atoms with Gasteiger partial charge in [0.15, 0.2) is 0 Å². The lowest BCUT2D eigenvalue weighted by Crippen LogP contribution is -2.50. The maximum Gasteiger partial charge on any atom is 0.119 e. The SMILES string of the molecule is C[C@H]1CNCCN1CCOc1ccccc1. The number of benzene rings is 1. The van der Waals surface area contributed by atoms with Crippen molar-refractivity contribution < 1.29 is 4.74 Å². The van der Waals surface area contributed by atoms with E-state index < -0.39 is 0 Å². The summed E-state index contributed by atoms with van der Waals surface area (Å²) in [5.74, 6) is 0.963. The van der Waals surface area contributed by atoms with Gasteiger partial charge in [0.1, 0.15) is 12.4 Å². The normalized spacial score (nSPS) is 21.9. The summed E-state index contributed by atoms with van der Waals surface area (Å²) in [6.45, 7) is 7.35. The molecule has 0 spiro atoms. The van der Waals surface area contributed by atoms with E-state index in [4.69, 9.17) is 4.74 Å². The molecule has 0 amide bonds. The monoisotopic (exact) mass is 220 g/mol. The number of piperazine rings is 1. The number of hydrogen-bond donors (Lipinski definition) is 1. The third kappa shape index (κ3) is 3.22. The van der Waals surface area contributed by atoms with Gasteiger partial charge in [-0.2, -0.15) is 0 Å². The minimum Gasteiger partial charge on any atom is -0.492 e.